The molecule has 1 fully saturated rings. The SMILES string of the molecule is Cc1cc(NC(=O)CN(CCN2CCCC2)C(=O)c2ccc(C)c([N+](=O)[O-])c2)no1. The Bertz CT molecular complexity index is 935. The van der Waals surface area contributed by atoms with Crippen molar-refractivity contribution in [1.29, 1.82) is 0 Å². The number of nitrogens with zero attached hydrogens (tertiary/aromatic N) is 4. The van der Waals surface area contributed by atoms with Crippen LogP contribution in [-0.2, 0) is 4.79 Å². The van der Waals surface area contributed by atoms with Crippen molar-refractivity contribution in [2.75, 3.05) is 38.0 Å². The highest BCUT2D eigenvalue weighted by molar-refractivity contribution is 5.99. The van der Waals surface area contributed by atoms with Gasteiger partial charge >= 0.3 is 0 Å². The van der Waals surface area contributed by atoms with Gasteiger partial charge in [-0.15, -0.1) is 0 Å². The van der Waals surface area contributed by atoms with Crippen LogP contribution in [0.25, 0.3) is 0 Å². The van der Waals surface area contributed by atoms with Gasteiger partial charge in [0.1, 0.15) is 12.3 Å². The van der Waals surface area contributed by atoms with Gasteiger partial charge in [0, 0.05) is 36.3 Å². The summed E-state index contributed by atoms with van der Waals surface area (Å²) in [4.78, 5) is 40.0. The molecule has 0 aliphatic carbocycles. The number of rotatable bonds is 8. The second-order valence-electron chi connectivity index (χ2n) is 7.40. The highest BCUT2D eigenvalue weighted by Gasteiger charge is 2.23. The topological polar surface area (TPSA) is 122 Å². The standard InChI is InChI=1S/C20H25N5O5/c1-14-5-6-16(12-17(14)25(28)29)20(27)24(10-9-23-7-3-4-8-23)13-19(26)21-18-11-15(2)30-22-18/h5-6,11-12H,3-4,7-10,13H2,1-2H3,(H,21,22,26). The van der Waals surface area contributed by atoms with Gasteiger partial charge in [0.15, 0.2) is 5.82 Å². The van der Waals surface area contributed by atoms with E-state index in [1.165, 1.54) is 11.0 Å². The number of carbonyl (C=O) groups is 2. The third-order valence-electron chi connectivity index (χ3n) is 5.05. The van der Waals surface area contributed by atoms with E-state index >= 15 is 0 Å². The van der Waals surface area contributed by atoms with E-state index in [4.69, 9.17) is 4.52 Å². The number of likely N-dealkylation sites (tertiary alicyclic amines) is 1. The zero-order chi connectivity index (χ0) is 21.7. The molecule has 30 heavy (non-hydrogen) atoms. The second-order valence-corrected chi connectivity index (χ2v) is 7.40. The number of benzene rings is 1. The number of nitro benzene ring substituents is 1. The van der Waals surface area contributed by atoms with Gasteiger partial charge in [-0.1, -0.05) is 11.2 Å². The summed E-state index contributed by atoms with van der Waals surface area (Å²) in [6, 6.07) is 5.94. The number of hydrogen-bond acceptors (Lipinski definition) is 7. The number of aromatic nitrogens is 1. The second kappa shape index (κ2) is 9.49. The summed E-state index contributed by atoms with van der Waals surface area (Å²) < 4.78 is 4.93. The average Bonchev–Trinajstić information content (AvgIpc) is 3.36. The Morgan fingerprint density at radius 3 is 2.63 bits per heavy atom. The minimum atomic E-state index is -0.514. The smallest absolute Gasteiger partial charge is 0.273 e. The molecule has 1 aromatic carbocycles. The van der Waals surface area contributed by atoms with E-state index in [1.807, 2.05) is 0 Å². The first-order chi connectivity index (χ1) is 14.3. The van der Waals surface area contributed by atoms with Crippen LogP contribution >= 0.6 is 0 Å². The van der Waals surface area contributed by atoms with Gasteiger partial charge in [0.25, 0.3) is 11.6 Å². The lowest BCUT2D eigenvalue weighted by atomic mass is 10.1. The molecule has 0 spiro atoms. The normalized spacial score (nSPS) is 13.9. The summed E-state index contributed by atoms with van der Waals surface area (Å²) >= 11 is 0. The molecule has 2 aromatic rings. The molecule has 0 bridgehead atoms. The first kappa shape index (κ1) is 21.4. The number of nitro groups is 1. The molecule has 2 amide bonds. The van der Waals surface area contributed by atoms with Gasteiger partial charge in [0.2, 0.25) is 5.91 Å². The molecule has 0 unspecified atom stereocenters. The third-order valence-corrected chi connectivity index (χ3v) is 5.05. The lowest BCUT2D eigenvalue weighted by Gasteiger charge is -2.25. The van der Waals surface area contributed by atoms with E-state index in [0.717, 1.165) is 25.9 Å². The molecule has 1 aliphatic heterocycles. The van der Waals surface area contributed by atoms with Crippen LogP contribution in [0, 0.1) is 24.0 Å². The van der Waals surface area contributed by atoms with Crippen molar-refractivity contribution in [3.8, 4) is 0 Å². The van der Waals surface area contributed by atoms with E-state index in [2.05, 4.69) is 15.4 Å². The lowest BCUT2D eigenvalue weighted by molar-refractivity contribution is -0.385. The van der Waals surface area contributed by atoms with E-state index in [9.17, 15) is 19.7 Å². The van der Waals surface area contributed by atoms with Crippen LogP contribution in [0.15, 0.2) is 28.8 Å². The summed E-state index contributed by atoms with van der Waals surface area (Å²) in [5.41, 5.74) is 0.529. The third kappa shape index (κ3) is 5.41. The fourth-order valence-electron chi connectivity index (χ4n) is 3.42. The molecule has 2 heterocycles. The van der Waals surface area contributed by atoms with Crippen molar-refractivity contribution >= 4 is 23.3 Å². The summed E-state index contributed by atoms with van der Waals surface area (Å²) in [5.74, 6) is -0.0156. The zero-order valence-corrected chi connectivity index (χ0v) is 17.1. The maximum atomic E-state index is 13.1. The van der Waals surface area contributed by atoms with Gasteiger partial charge < -0.3 is 19.6 Å². The summed E-state index contributed by atoms with van der Waals surface area (Å²) in [6.07, 6.45) is 2.23. The molecule has 10 heteroatoms. The van der Waals surface area contributed by atoms with Crippen molar-refractivity contribution in [2.24, 2.45) is 0 Å². The van der Waals surface area contributed by atoms with E-state index in [0.29, 0.717) is 24.4 Å². The zero-order valence-electron chi connectivity index (χ0n) is 17.1. The minimum Gasteiger partial charge on any atom is -0.360 e. The van der Waals surface area contributed by atoms with Crippen LogP contribution in [-0.4, -0.2) is 64.4 Å². The van der Waals surface area contributed by atoms with Gasteiger partial charge in [0.05, 0.1) is 4.92 Å². The number of carbonyl (C=O) groups excluding carboxylic acids is 2. The number of nitrogens with one attached hydrogen (secondary N) is 1. The van der Waals surface area contributed by atoms with Crippen LogP contribution in [0.1, 0.15) is 34.5 Å². The Labute approximate surface area is 174 Å². The van der Waals surface area contributed by atoms with Crippen molar-refractivity contribution in [2.45, 2.75) is 26.7 Å². The van der Waals surface area contributed by atoms with Crippen LogP contribution in [0.4, 0.5) is 11.5 Å². The van der Waals surface area contributed by atoms with Crippen molar-refractivity contribution in [3.05, 3.63) is 51.3 Å². The maximum Gasteiger partial charge on any atom is 0.273 e. The van der Waals surface area contributed by atoms with Crippen molar-refractivity contribution in [3.63, 3.8) is 0 Å². The molecule has 160 valence electrons. The number of amides is 2. The van der Waals surface area contributed by atoms with Gasteiger partial charge in [-0.3, -0.25) is 19.7 Å². The van der Waals surface area contributed by atoms with E-state index < -0.39 is 16.7 Å². The van der Waals surface area contributed by atoms with Crippen LogP contribution in [0.3, 0.4) is 0 Å². The molecule has 0 atom stereocenters. The molecule has 1 aliphatic rings. The number of aryl methyl sites for hydroxylation is 2. The summed E-state index contributed by atoms with van der Waals surface area (Å²) in [5, 5.41) is 17.6. The van der Waals surface area contributed by atoms with E-state index in [1.54, 1.807) is 32.0 Å². The summed E-state index contributed by atoms with van der Waals surface area (Å²) in [6.45, 7) is 6.02. The predicted octanol–water partition coefficient (Wildman–Crippen LogP) is 2.38. The molecule has 0 radical (unpaired) electrons. The molecular formula is C20H25N5O5. The Kier molecular flexibility index (Phi) is 6.78. The largest absolute Gasteiger partial charge is 0.360 e. The quantitative estimate of drug-likeness (QED) is 0.519. The lowest BCUT2D eigenvalue weighted by Crippen LogP contribution is -2.42. The first-order valence-corrected chi connectivity index (χ1v) is 9.83. The molecule has 1 N–H and O–H groups in total. The van der Waals surface area contributed by atoms with Gasteiger partial charge in [-0.05, 0) is 45.8 Å². The Morgan fingerprint density at radius 2 is 2.00 bits per heavy atom. The van der Waals surface area contributed by atoms with Crippen LogP contribution in [0.2, 0.25) is 0 Å². The highest BCUT2D eigenvalue weighted by Crippen LogP contribution is 2.20. The molecule has 0 saturated carbocycles. The molecule has 1 aromatic heterocycles. The summed E-state index contributed by atoms with van der Waals surface area (Å²) in [7, 11) is 0. The monoisotopic (exact) mass is 415 g/mol. The Morgan fingerprint density at radius 1 is 1.27 bits per heavy atom. The van der Waals surface area contributed by atoms with Crippen molar-refractivity contribution in [1.82, 2.24) is 15.0 Å². The fraction of sp³-hybridized carbons (Fsp3) is 0.450. The maximum absolute atomic E-state index is 13.1. The van der Waals surface area contributed by atoms with E-state index in [-0.39, 0.29) is 23.6 Å². The van der Waals surface area contributed by atoms with Crippen LogP contribution < -0.4 is 5.32 Å². The highest BCUT2D eigenvalue weighted by atomic mass is 16.6. The van der Waals surface area contributed by atoms with Crippen molar-refractivity contribution < 1.29 is 19.0 Å². The van der Waals surface area contributed by atoms with Crippen LogP contribution in [0.5, 0.6) is 0 Å². The molecule has 1 saturated heterocycles. The molecular weight excluding hydrogens is 390 g/mol. The number of anilines is 1. The Hall–Kier alpha value is -3.27. The first-order valence-electron chi connectivity index (χ1n) is 9.83. The van der Waals surface area contributed by atoms with Gasteiger partial charge in [-0.25, -0.2) is 0 Å². The Balaban J connectivity index is 1.75. The number of hydrogen-bond donors (Lipinski definition) is 1. The average molecular weight is 415 g/mol. The molecule has 3 rings (SSSR count). The fourth-order valence-corrected chi connectivity index (χ4v) is 3.42. The predicted molar refractivity (Wildman–Crippen MR) is 109 cm³/mol. The van der Waals surface area contributed by atoms with Gasteiger partial charge in [-0.2, -0.15) is 0 Å². The minimum absolute atomic E-state index is 0.122. The molecule has 10 nitrogen and oxygen atoms in total.